The van der Waals surface area contributed by atoms with Crippen LogP contribution in [0.15, 0.2) is 0 Å². The molecule has 0 spiro atoms. The van der Waals surface area contributed by atoms with Crippen LogP contribution in [0.25, 0.3) is 0 Å². The third-order valence-electron chi connectivity index (χ3n) is 3.47. The molecule has 2 bridgehead atoms. The fourth-order valence-electron chi connectivity index (χ4n) is 2.86. The molecule has 0 aromatic heterocycles. The molecule has 3 aliphatic rings. The van der Waals surface area contributed by atoms with Crippen molar-refractivity contribution in [3.8, 4) is 0 Å². The molecule has 12 heavy (non-hydrogen) atoms. The van der Waals surface area contributed by atoms with Gasteiger partial charge in [0.1, 0.15) is 6.10 Å². The molecule has 1 saturated carbocycles. The van der Waals surface area contributed by atoms with Crippen LogP contribution in [0.4, 0.5) is 0 Å². The Morgan fingerprint density at radius 1 is 1.25 bits per heavy atom. The van der Waals surface area contributed by atoms with E-state index in [1.807, 2.05) is 0 Å². The Morgan fingerprint density at radius 2 is 2.25 bits per heavy atom. The van der Waals surface area contributed by atoms with Crippen molar-refractivity contribution in [1.29, 1.82) is 0 Å². The van der Waals surface area contributed by atoms with Crippen LogP contribution in [0.1, 0.15) is 25.7 Å². The molecular weight excluding hydrogens is 152 g/mol. The van der Waals surface area contributed by atoms with Crippen molar-refractivity contribution in [2.24, 2.45) is 11.8 Å². The Balaban J connectivity index is 1.69. The van der Waals surface area contributed by atoms with Crippen LogP contribution in [0.2, 0.25) is 0 Å². The van der Waals surface area contributed by atoms with Crippen LogP contribution in [0.5, 0.6) is 0 Å². The van der Waals surface area contributed by atoms with E-state index in [0.29, 0.717) is 6.10 Å². The molecule has 1 radical (unpaired) electrons. The normalized spacial score (nSPS) is 47.5. The zero-order chi connectivity index (χ0) is 7.97. The Labute approximate surface area is 73.2 Å². The second-order valence-corrected chi connectivity index (χ2v) is 4.21. The first kappa shape index (κ1) is 7.34. The molecule has 3 rings (SSSR count). The lowest BCUT2D eigenvalue weighted by molar-refractivity contribution is 0.0294. The highest BCUT2D eigenvalue weighted by Gasteiger charge is 2.45. The van der Waals surface area contributed by atoms with Crippen molar-refractivity contribution in [2.45, 2.75) is 31.8 Å². The zero-order valence-corrected chi connectivity index (χ0v) is 7.29. The van der Waals surface area contributed by atoms with Crippen molar-refractivity contribution in [3.63, 3.8) is 0 Å². The zero-order valence-electron chi connectivity index (χ0n) is 7.29. The van der Waals surface area contributed by atoms with Crippen LogP contribution in [0, 0.1) is 17.9 Å². The minimum Gasteiger partial charge on any atom is -0.378 e. The van der Waals surface area contributed by atoms with Gasteiger partial charge in [-0.3, -0.25) is 0 Å². The molecule has 3 atom stereocenters. The van der Waals surface area contributed by atoms with Crippen molar-refractivity contribution in [2.75, 3.05) is 13.2 Å². The van der Waals surface area contributed by atoms with Gasteiger partial charge in [-0.15, -0.1) is 0 Å². The first-order valence-corrected chi connectivity index (χ1v) is 5.03. The van der Waals surface area contributed by atoms with Crippen LogP contribution in [0.3, 0.4) is 0 Å². The second-order valence-electron chi connectivity index (χ2n) is 4.21. The van der Waals surface area contributed by atoms with Gasteiger partial charge in [0.25, 0.3) is 0 Å². The third kappa shape index (κ3) is 1.01. The fourth-order valence-corrected chi connectivity index (χ4v) is 2.86. The number of hydrogen-bond acceptors (Lipinski definition) is 2. The van der Waals surface area contributed by atoms with Gasteiger partial charge in [0, 0.05) is 6.61 Å². The minimum atomic E-state index is 0.566. The predicted octanol–water partition coefficient (Wildman–Crippen LogP) is 1.75. The van der Waals surface area contributed by atoms with Crippen molar-refractivity contribution in [1.82, 2.24) is 0 Å². The molecule has 0 amide bonds. The average molecular weight is 167 g/mol. The van der Waals surface area contributed by atoms with E-state index in [0.717, 1.165) is 25.0 Å². The van der Waals surface area contributed by atoms with Gasteiger partial charge >= 0.3 is 0 Å². The topological polar surface area (TPSA) is 18.5 Å². The molecule has 0 aromatic rings. The molecule has 2 heteroatoms. The van der Waals surface area contributed by atoms with E-state index in [1.165, 1.54) is 31.8 Å². The highest BCUT2D eigenvalue weighted by Crippen LogP contribution is 2.47. The maximum Gasteiger partial charge on any atom is 0.101 e. The van der Waals surface area contributed by atoms with Gasteiger partial charge in [0.2, 0.25) is 0 Å². The van der Waals surface area contributed by atoms with Crippen molar-refractivity contribution in [3.05, 3.63) is 6.10 Å². The standard InChI is InChI=1S/C10H15O2/c1-2-10(11-3-1)9-5-8-4-7(9)6-12-8/h7-9H,1-6H2. The quantitative estimate of drug-likeness (QED) is 0.592. The summed E-state index contributed by atoms with van der Waals surface area (Å²) in [5.74, 6) is 1.55. The van der Waals surface area contributed by atoms with Gasteiger partial charge < -0.3 is 9.47 Å². The first-order chi connectivity index (χ1) is 5.93. The Morgan fingerprint density at radius 3 is 2.83 bits per heavy atom. The number of rotatable bonds is 1. The van der Waals surface area contributed by atoms with Gasteiger partial charge in [-0.1, -0.05) is 0 Å². The van der Waals surface area contributed by atoms with E-state index in [2.05, 4.69) is 0 Å². The Bertz CT molecular complexity index is 175. The number of ether oxygens (including phenoxy) is 2. The highest BCUT2D eigenvalue weighted by atomic mass is 16.5. The Hall–Kier alpha value is -0.0800. The summed E-state index contributed by atoms with van der Waals surface area (Å²) in [7, 11) is 0. The molecule has 2 aliphatic heterocycles. The van der Waals surface area contributed by atoms with E-state index in [4.69, 9.17) is 9.47 Å². The monoisotopic (exact) mass is 167 g/mol. The number of hydrogen-bond donors (Lipinski definition) is 0. The smallest absolute Gasteiger partial charge is 0.101 e. The molecule has 3 fully saturated rings. The third-order valence-corrected chi connectivity index (χ3v) is 3.47. The molecule has 0 aromatic carbocycles. The highest BCUT2D eigenvalue weighted by molar-refractivity contribution is 5.02. The lowest BCUT2D eigenvalue weighted by Gasteiger charge is -2.25. The van der Waals surface area contributed by atoms with Crippen LogP contribution < -0.4 is 0 Å². The SMILES string of the molecule is C1CO[C](C2CC3CC2CO3)C1. The maximum atomic E-state index is 5.65. The molecule has 2 nitrogen and oxygen atoms in total. The summed E-state index contributed by atoms with van der Waals surface area (Å²) < 4.78 is 11.2. The summed E-state index contributed by atoms with van der Waals surface area (Å²) in [4.78, 5) is 0. The summed E-state index contributed by atoms with van der Waals surface area (Å²) in [5.41, 5.74) is 0. The van der Waals surface area contributed by atoms with E-state index < -0.39 is 0 Å². The molecule has 2 saturated heterocycles. The fraction of sp³-hybridized carbons (Fsp3) is 0.900. The maximum absolute atomic E-state index is 5.65. The first-order valence-electron chi connectivity index (χ1n) is 5.03. The van der Waals surface area contributed by atoms with Gasteiger partial charge in [-0.25, -0.2) is 0 Å². The minimum absolute atomic E-state index is 0.566. The van der Waals surface area contributed by atoms with Crippen molar-refractivity contribution >= 4 is 0 Å². The van der Waals surface area contributed by atoms with Crippen LogP contribution >= 0.6 is 0 Å². The summed E-state index contributed by atoms with van der Waals surface area (Å²) >= 11 is 0. The lowest BCUT2D eigenvalue weighted by atomic mass is 9.89. The summed E-state index contributed by atoms with van der Waals surface area (Å²) in [6, 6.07) is 0. The molecule has 3 unspecified atom stereocenters. The van der Waals surface area contributed by atoms with Gasteiger partial charge in [0.05, 0.1) is 12.7 Å². The largest absolute Gasteiger partial charge is 0.378 e. The molecule has 67 valence electrons. The van der Waals surface area contributed by atoms with Crippen LogP contribution in [-0.4, -0.2) is 19.3 Å². The average Bonchev–Trinajstić information content (AvgIpc) is 2.81. The summed E-state index contributed by atoms with van der Waals surface area (Å²) in [6.07, 6.45) is 6.94. The molecule has 0 N–H and O–H groups in total. The lowest BCUT2D eigenvalue weighted by Crippen LogP contribution is -2.23. The van der Waals surface area contributed by atoms with Crippen LogP contribution in [-0.2, 0) is 9.47 Å². The molecule has 1 aliphatic carbocycles. The van der Waals surface area contributed by atoms with Gasteiger partial charge in [0.15, 0.2) is 0 Å². The van der Waals surface area contributed by atoms with Gasteiger partial charge in [-0.2, -0.15) is 0 Å². The predicted molar refractivity (Wildman–Crippen MR) is 44.4 cm³/mol. The molecule has 2 heterocycles. The van der Waals surface area contributed by atoms with Gasteiger partial charge in [-0.05, 0) is 37.5 Å². The second kappa shape index (κ2) is 2.71. The van der Waals surface area contributed by atoms with E-state index in [-0.39, 0.29) is 0 Å². The van der Waals surface area contributed by atoms with E-state index in [1.54, 1.807) is 0 Å². The molecular formula is C10H15O2. The summed E-state index contributed by atoms with van der Waals surface area (Å²) in [6.45, 7) is 1.95. The van der Waals surface area contributed by atoms with E-state index >= 15 is 0 Å². The Kier molecular flexibility index (Phi) is 1.66. The van der Waals surface area contributed by atoms with E-state index in [9.17, 15) is 0 Å². The van der Waals surface area contributed by atoms with Crippen molar-refractivity contribution < 1.29 is 9.47 Å². The number of fused-ring (bicyclic) bond motifs is 2. The summed E-state index contributed by atoms with van der Waals surface area (Å²) in [5, 5.41) is 0.